The molecule has 0 bridgehead atoms. The second-order valence-corrected chi connectivity index (χ2v) is 4.28. The van der Waals surface area contributed by atoms with Crippen LogP contribution in [0, 0.1) is 0 Å². The molecule has 0 spiro atoms. The first kappa shape index (κ1) is 14.1. The molecule has 6 heteroatoms. The third-order valence-electron chi connectivity index (χ3n) is 2.56. The van der Waals surface area contributed by atoms with E-state index < -0.39 is 17.5 Å². The van der Waals surface area contributed by atoms with E-state index in [1.165, 1.54) is 6.07 Å². The Bertz CT molecular complexity index is 406. The number of alkyl halides is 3. The van der Waals surface area contributed by atoms with Gasteiger partial charge in [-0.05, 0) is 36.6 Å². The van der Waals surface area contributed by atoms with Crippen LogP contribution in [-0.2, 0) is 6.18 Å². The Morgan fingerprint density at radius 3 is 2.47 bits per heavy atom. The zero-order valence-corrected chi connectivity index (χ0v) is 9.94. The lowest BCUT2D eigenvalue weighted by Gasteiger charge is -2.16. The lowest BCUT2D eigenvalue weighted by atomic mass is 9.95. The molecule has 0 fully saturated rings. The molecule has 0 amide bonds. The number of nitrogens with two attached hydrogens (primary N) is 1. The highest BCUT2D eigenvalue weighted by Gasteiger charge is 2.35. The Balaban J connectivity index is 3.24. The van der Waals surface area contributed by atoms with Gasteiger partial charge in [0.1, 0.15) is 5.75 Å². The molecule has 0 heterocycles. The van der Waals surface area contributed by atoms with Crippen LogP contribution in [0.4, 0.5) is 13.2 Å². The monoisotopic (exact) mass is 267 g/mol. The average molecular weight is 268 g/mol. The summed E-state index contributed by atoms with van der Waals surface area (Å²) < 4.78 is 37.8. The number of hydrogen-bond donors (Lipinski definition) is 2. The minimum Gasteiger partial charge on any atom is -0.506 e. The highest BCUT2D eigenvalue weighted by atomic mass is 35.5. The zero-order valence-electron chi connectivity index (χ0n) is 9.18. The summed E-state index contributed by atoms with van der Waals surface area (Å²) in [5, 5.41) is 9.00. The molecule has 1 atom stereocenters. The van der Waals surface area contributed by atoms with Gasteiger partial charge in [-0.15, -0.1) is 0 Å². The third kappa shape index (κ3) is 3.26. The van der Waals surface area contributed by atoms with Gasteiger partial charge in [0, 0.05) is 0 Å². The van der Waals surface area contributed by atoms with Crippen LogP contribution in [0.5, 0.6) is 5.75 Å². The van der Waals surface area contributed by atoms with Gasteiger partial charge in [-0.2, -0.15) is 13.2 Å². The molecule has 96 valence electrons. The SMILES string of the molecule is CC(CCN)c1cc(Cl)c(O)c(C(F)(F)F)c1. The Kier molecular flexibility index (Phi) is 4.27. The number of benzene rings is 1. The summed E-state index contributed by atoms with van der Waals surface area (Å²) in [6, 6.07) is 2.26. The van der Waals surface area contributed by atoms with Crippen LogP contribution < -0.4 is 5.73 Å². The van der Waals surface area contributed by atoms with Crippen LogP contribution in [0.1, 0.15) is 30.4 Å². The molecule has 0 aliphatic heterocycles. The van der Waals surface area contributed by atoms with Crippen molar-refractivity contribution in [2.45, 2.75) is 25.4 Å². The Morgan fingerprint density at radius 2 is 2.00 bits per heavy atom. The molecule has 1 aromatic carbocycles. The molecule has 2 nitrogen and oxygen atoms in total. The highest BCUT2D eigenvalue weighted by molar-refractivity contribution is 6.32. The van der Waals surface area contributed by atoms with E-state index >= 15 is 0 Å². The van der Waals surface area contributed by atoms with Crippen molar-refractivity contribution in [3.05, 3.63) is 28.3 Å². The van der Waals surface area contributed by atoms with Gasteiger partial charge in [0.2, 0.25) is 0 Å². The number of hydrogen-bond acceptors (Lipinski definition) is 2. The fourth-order valence-electron chi connectivity index (χ4n) is 1.54. The van der Waals surface area contributed by atoms with E-state index in [0.717, 1.165) is 6.07 Å². The van der Waals surface area contributed by atoms with Crippen LogP contribution in [0.25, 0.3) is 0 Å². The Hall–Kier alpha value is -0.940. The van der Waals surface area contributed by atoms with E-state index in [1.807, 2.05) is 0 Å². The van der Waals surface area contributed by atoms with Crippen LogP contribution >= 0.6 is 11.6 Å². The van der Waals surface area contributed by atoms with Gasteiger partial charge in [0.05, 0.1) is 10.6 Å². The first-order valence-corrected chi connectivity index (χ1v) is 5.44. The lowest BCUT2D eigenvalue weighted by molar-refractivity contribution is -0.138. The maximum atomic E-state index is 12.6. The summed E-state index contributed by atoms with van der Waals surface area (Å²) >= 11 is 5.59. The standard InChI is InChI=1S/C11H13ClF3NO/c1-6(2-3-16)7-4-8(11(13,14)15)10(17)9(12)5-7/h4-6,17H,2-3,16H2,1H3. The minimum absolute atomic E-state index is 0.140. The molecule has 0 saturated carbocycles. The van der Waals surface area contributed by atoms with Crippen molar-refractivity contribution in [1.29, 1.82) is 0 Å². The molecule has 17 heavy (non-hydrogen) atoms. The van der Waals surface area contributed by atoms with Crippen molar-refractivity contribution in [2.24, 2.45) is 5.73 Å². The van der Waals surface area contributed by atoms with Crippen molar-refractivity contribution in [1.82, 2.24) is 0 Å². The molecule has 1 rings (SSSR count). The minimum atomic E-state index is -4.62. The van der Waals surface area contributed by atoms with Gasteiger partial charge in [-0.3, -0.25) is 0 Å². The number of aromatic hydroxyl groups is 1. The zero-order chi connectivity index (χ0) is 13.2. The predicted octanol–water partition coefficient (Wildman–Crippen LogP) is 3.52. The van der Waals surface area contributed by atoms with Crippen LogP contribution in [0.15, 0.2) is 12.1 Å². The maximum Gasteiger partial charge on any atom is 0.420 e. The van der Waals surface area contributed by atoms with Gasteiger partial charge in [0.25, 0.3) is 0 Å². The molecular weight excluding hydrogens is 255 g/mol. The quantitative estimate of drug-likeness (QED) is 0.880. The summed E-state index contributed by atoms with van der Waals surface area (Å²) in [6.07, 6.45) is -4.06. The molecule has 0 aliphatic rings. The van der Waals surface area contributed by atoms with Gasteiger partial charge in [0.15, 0.2) is 0 Å². The first-order valence-electron chi connectivity index (χ1n) is 5.07. The second kappa shape index (κ2) is 5.14. The summed E-state index contributed by atoms with van der Waals surface area (Å²) in [7, 11) is 0. The molecular formula is C11H13ClF3NO. The van der Waals surface area contributed by atoms with Crippen LogP contribution in [0.2, 0.25) is 5.02 Å². The molecule has 1 unspecified atom stereocenters. The molecule has 1 aromatic rings. The molecule has 0 aromatic heterocycles. The molecule has 0 radical (unpaired) electrons. The van der Waals surface area contributed by atoms with Crippen molar-refractivity contribution in [3.8, 4) is 5.75 Å². The largest absolute Gasteiger partial charge is 0.506 e. The topological polar surface area (TPSA) is 46.2 Å². The summed E-state index contributed by atoms with van der Waals surface area (Å²) in [5.41, 5.74) is 4.67. The van der Waals surface area contributed by atoms with Crippen molar-refractivity contribution >= 4 is 11.6 Å². The fraction of sp³-hybridized carbons (Fsp3) is 0.455. The predicted molar refractivity (Wildman–Crippen MR) is 60.2 cm³/mol. The Labute approximate surface area is 102 Å². The van der Waals surface area contributed by atoms with E-state index in [2.05, 4.69) is 0 Å². The molecule has 0 saturated heterocycles. The van der Waals surface area contributed by atoms with Gasteiger partial charge in [-0.25, -0.2) is 0 Å². The van der Waals surface area contributed by atoms with E-state index in [-0.39, 0.29) is 10.9 Å². The van der Waals surface area contributed by atoms with Crippen LogP contribution in [-0.4, -0.2) is 11.7 Å². The first-order chi connectivity index (χ1) is 7.77. The second-order valence-electron chi connectivity index (χ2n) is 3.88. The Morgan fingerprint density at radius 1 is 1.41 bits per heavy atom. The summed E-state index contributed by atoms with van der Waals surface area (Å²) in [5.74, 6) is -1.07. The number of phenols is 1. The summed E-state index contributed by atoms with van der Waals surface area (Å²) in [4.78, 5) is 0. The van der Waals surface area contributed by atoms with Crippen molar-refractivity contribution in [3.63, 3.8) is 0 Å². The smallest absolute Gasteiger partial charge is 0.420 e. The van der Waals surface area contributed by atoms with Gasteiger partial charge in [-0.1, -0.05) is 18.5 Å². The number of rotatable bonds is 3. The van der Waals surface area contributed by atoms with Crippen molar-refractivity contribution in [2.75, 3.05) is 6.54 Å². The van der Waals surface area contributed by atoms with E-state index in [0.29, 0.717) is 18.5 Å². The fourth-order valence-corrected chi connectivity index (χ4v) is 1.77. The molecule has 0 aliphatic carbocycles. The van der Waals surface area contributed by atoms with Gasteiger partial charge < -0.3 is 10.8 Å². The third-order valence-corrected chi connectivity index (χ3v) is 2.85. The number of phenolic OH excluding ortho intramolecular Hbond substituents is 1. The van der Waals surface area contributed by atoms with Gasteiger partial charge >= 0.3 is 6.18 Å². The van der Waals surface area contributed by atoms with E-state index in [9.17, 15) is 18.3 Å². The normalized spacial score (nSPS) is 13.8. The van der Waals surface area contributed by atoms with Crippen molar-refractivity contribution < 1.29 is 18.3 Å². The highest BCUT2D eigenvalue weighted by Crippen LogP contribution is 2.41. The number of halogens is 4. The van der Waals surface area contributed by atoms with E-state index in [1.54, 1.807) is 6.92 Å². The average Bonchev–Trinajstić information content (AvgIpc) is 2.20. The van der Waals surface area contributed by atoms with E-state index in [4.69, 9.17) is 17.3 Å². The lowest BCUT2D eigenvalue weighted by Crippen LogP contribution is -2.09. The summed E-state index contributed by atoms with van der Waals surface area (Å²) in [6.45, 7) is 2.14. The molecule has 3 N–H and O–H groups in total. The van der Waals surface area contributed by atoms with Crippen LogP contribution in [0.3, 0.4) is 0 Å². The maximum absolute atomic E-state index is 12.6.